The molecule has 0 saturated carbocycles. The van der Waals surface area contributed by atoms with E-state index in [4.69, 9.17) is 4.74 Å². The van der Waals surface area contributed by atoms with Crippen LogP contribution in [0.1, 0.15) is 11.1 Å². The van der Waals surface area contributed by atoms with E-state index >= 15 is 0 Å². The van der Waals surface area contributed by atoms with Gasteiger partial charge in [0.2, 0.25) is 5.91 Å². The van der Waals surface area contributed by atoms with Crippen molar-refractivity contribution < 1.29 is 9.53 Å². The second-order valence-corrected chi connectivity index (χ2v) is 7.08. The molecule has 1 atom stereocenters. The van der Waals surface area contributed by atoms with Crippen molar-refractivity contribution in [1.82, 2.24) is 5.32 Å². The number of hydrogen-bond donors (Lipinski definition) is 2. The third-order valence-corrected chi connectivity index (χ3v) is 5.10. The maximum absolute atomic E-state index is 12.2. The zero-order valence-electron chi connectivity index (χ0n) is 14.0. The second kappa shape index (κ2) is 7.83. The van der Waals surface area contributed by atoms with E-state index in [0.717, 1.165) is 10.6 Å². The molecule has 1 aliphatic heterocycles. The molecule has 2 aromatic rings. The summed E-state index contributed by atoms with van der Waals surface area (Å²) in [4.78, 5) is 14.6. The third kappa shape index (κ3) is 4.38. The van der Waals surface area contributed by atoms with Gasteiger partial charge in [0.05, 0.1) is 13.2 Å². The smallest absolute Gasteiger partial charge is 0.243 e. The SMILES string of the molecule is Cc1ccc(C)c(Sc2ccc(NC(=O)C3COCCN3)cc2)c1. The lowest BCUT2D eigenvalue weighted by Gasteiger charge is -2.22. The quantitative estimate of drug-likeness (QED) is 0.894. The average molecular weight is 342 g/mol. The topological polar surface area (TPSA) is 50.4 Å². The third-order valence-electron chi connectivity index (χ3n) is 3.93. The summed E-state index contributed by atoms with van der Waals surface area (Å²) in [5.74, 6) is -0.0513. The Morgan fingerprint density at radius 2 is 2.00 bits per heavy atom. The van der Waals surface area contributed by atoms with Gasteiger partial charge in [-0.3, -0.25) is 4.79 Å². The fourth-order valence-corrected chi connectivity index (χ4v) is 3.51. The number of ether oxygens (including phenoxy) is 1. The molecule has 1 amide bonds. The van der Waals surface area contributed by atoms with Gasteiger partial charge in [-0.1, -0.05) is 23.9 Å². The standard InChI is InChI=1S/C19H22N2O2S/c1-13-3-4-14(2)18(11-13)24-16-7-5-15(6-8-16)21-19(22)17-12-23-10-9-20-17/h3-8,11,17,20H,9-10,12H2,1-2H3,(H,21,22). The molecule has 1 heterocycles. The van der Waals surface area contributed by atoms with Crippen LogP contribution < -0.4 is 10.6 Å². The first-order valence-corrected chi connectivity index (χ1v) is 8.90. The molecule has 1 fully saturated rings. The lowest BCUT2D eigenvalue weighted by atomic mass is 10.2. The number of rotatable bonds is 4. The molecule has 5 heteroatoms. The molecule has 1 aliphatic rings. The van der Waals surface area contributed by atoms with E-state index in [9.17, 15) is 4.79 Å². The molecule has 0 spiro atoms. The van der Waals surface area contributed by atoms with Gasteiger partial charge in [-0.15, -0.1) is 0 Å². The van der Waals surface area contributed by atoms with E-state index in [2.05, 4.69) is 42.7 Å². The van der Waals surface area contributed by atoms with Crippen LogP contribution in [-0.2, 0) is 9.53 Å². The molecular weight excluding hydrogens is 320 g/mol. The number of carbonyl (C=O) groups is 1. The fraction of sp³-hybridized carbons (Fsp3) is 0.316. The van der Waals surface area contributed by atoms with Crippen LogP contribution in [0.25, 0.3) is 0 Å². The van der Waals surface area contributed by atoms with Crippen molar-refractivity contribution in [2.45, 2.75) is 29.7 Å². The maximum atomic E-state index is 12.2. The number of anilines is 1. The van der Waals surface area contributed by atoms with E-state index in [-0.39, 0.29) is 11.9 Å². The van der Waals surface area contributed by atoms with Crippen molar-refractivity contribution in [2.24, 2.45) is 0 Å². The molecule has 2 aromatic carbocycles. The normalized spacial score (nSPS) is 17.5. The van der Waals surface area contributed by atoms with Gasteiger partial charge < -0.3 is 15.4 Å². The molecule has 1 unspecified atom stereocenters. The predicted molar refractivity (Wildman–Crippen MR) is 97.7 cm³/mol. The Kier molecular flexibility index (Phi) is 5.56. The Morgan fingerprint density at radius 1 is 1.21 bits per heavy atom. The van der Waals surface area contributed by atoms with Gasteiger partial charge in [-0.05, 0) is 55.3 Å². The molecule has 1 saturated heterocycles. The molecule has 126 valence electrons. The van der Waals surface area contributed by atoms with Gasteiger partial charge in [-0.2, -0.15) is 0 Å². The minimum absolute atomic E-state index is 0.0513. The highest BCUT2D eigenvalue weighted by Crippen LogP contribution is 2.31. The maximum Gasteiger partial charge on any atom is 0.243 e. The van der Waals surface area contributed by atoms with Gasteiger partial charge in [-0.25, -0.2) is 0 Å². The van der Waals surface area contributed by atoms with Crippen LogP contribution in [0.3, 0.4) is 0 Å². The van der Waals surface area contributed by atoms with Gasteiger partial charge in [0, 0.05) is 22.0 Å². The fourth-order valence-electron chi connectivity index (χ4n) is 2.51. The van der Waals surface area contributed by atoms with Crippen molar-refractivity contribution >= 4 is 23.4 Å². The number of morpholine rings is 1. The Bertz CT molecular complexity index is 710. The second-order valence-electron chi connectivity index (χ2n) is 5.97. The molecule has 0 aromatic heterocycles. The van der Waals surface area contributed by atoms with Crippen molar-refractivity contribution in [3.05, 3.63) is 53.6 Å². The summed E-state index contributed by atoms with van der Waals surface area (Å²) in [5, 5.41) is 6.09. The molecule has 0 bridgehead atoms. The van der Waals surface area contributed by atoms with Crippen LogP contribution in [0.2, 0.25) is 0 Å². The molecule has 0 aliphatic carbocycles. The summed E-state index contributed by atoms with van der Waals surface area (Å²) >= 11 is 1.74. The Labute approximate surface area is 147 Å². The summed E-state index contributed by atoms with van der Waals surface area (Å²) < 4.78 is 5.32. The minimum atomic E-state index is -0.275. The molecular formula is C19H22N2O2S. The Balaban J connectivity index is 1.62. The largest absolute Gasteiger partial charge is 0.378 e. The lowest BCUT2D eigenvalue weighted by molar-refractivity contribution is -0.120. The van der Waals surface area contributed by atoms with Crippen molar-refractivity contribution in [3.63, 3.8) is 0 Å². The Morgan fingerprint density at radius 3 is 2.71 bits per heavy atom. The number of aryl methyl sites for hydroxylation is 2. The first kappa shape index (κ1) is 17.0. The number of carbonyl (C=O) groups excluding carboxylic acids is 1. The van der Waals surface area contributed by atoms with E-state index in [0.29, 0.717) is 19.8 Å². The molecule has 3 rings (SSSR count). The zero-order chi connectivity index (χ0) is 16.9. The van der Waals surface area contributed by atoms with E-state index in [1.54, 1.807) is 11.8 Å². The van der Waals surface area contributed by atoms with Crippen LogP contribution in [0.15, 0.2) is 52.3 Å². The average Bonchev–Trinajstić information content (AvgIpc) is 2.60. The zero-order valence-corrected chi connectivity index (χ0v) is 14.8. The van der Waals surface area contributed by atoms with Gasteiger partial charge >= 0.3 is 0 Å². The van der Waals surface area contributed by atoms with Crippen LogP contribution in [0.4, 0.5) is 5.69 Å². The van der Waals surface area contributed by atoms with Crippen LogP contribution in [0.5, 0.6) is 0 Å². The van der Waals surface area contributed by atoms with Gasteiger partial charge in [0.1, 0.15) is 6.04 Å². The number of nitrogens with one attached hydrogen (secondary N) is 2. The highest BCUT2D eigenvalue weighted by Gasteiger charge is 2.20. The summed E-state index contributed by atoms with van der Waals surface area (Å²) in [6.45, 7) is 6.02. The Hall–Kier alpha value is -1.82. The lowest BCUT2D eigenvalue weighted by Crippen LogP contribution is -2.48. The van der Waals surface area contributed by atoms with Crippen LogP contribution in [0, 0.1) is 13.8 Å². The van der Waals surface area contributed by atoms with E-state index in [1.165, 1.54) is 16.0 Å². The highest BCUT2D eigenvalue weighted by atomic mass is 32.2. The summed E-state index contributed by atoms with van der Waals surface area (Å²) in [6.07, 6.45) is 0. The van der Waals surface area contributed by atoms with E-state index < -0.39 is 0 Å². The molecule has 2 N–H and O–H groups in total. The first-order valence-electron chi connectivity index (χ1n) is 8.09. The van der Waals surface area contributed by atoms with Crippen molar-refractivity contribution in [3.8, 4) is 0 Å². The highest BCUT2D eigenvalue weighted by molar-refractivity contribution is 7.99. The number of benzene rings is 2. The summed E-state index contributed by atoms with van der Waals surface area (Å²) in [5.41, 5.74) is 3.33. The predicted octanol–water partition coefficient (Wildman–Crippen LogP) is 3.38. The van der Waals surface area contributed by atoms with Crippen molar-refractivity contribution in [2.75, 3.05) is 25.1 Å². The van der Waals surface area contributed by atoms with Crippen LogP contribution >= 0.6 is 11.8 Å². The number of amides is 1. The first-order chi connectivity index (χ1) is 11.6. The monoisotopic (exact) mass is 342 g/mol. The van der Waals surface area contributed by atoms with Crippen LogP contribution in [-0.4, -0.2) is 31.7 Å². The summed E-state index contributed by atoms with van der Waals surface area (Å²) in [7, 11) is 0. The van der Waals surface area contributed by atoms with E-state index in [1.807, 2.05) is 24.3 Å². The molecule has 4 nitrogen and oxygen atoms in total. The molecule has 24 heavy (non-hydrogen) atoms. The van der Waals surface area contributed by atoms with Gasteiger partial charge in [0.25, 0.3) is 0 Å². The summed E-state index contributed by atoms with van der Waals surface area (Å²) in [6, 6.07) is 14.1. The minimum Gasteiger partial charge on any atom is -0.378 e. The van der Waals surface area contributed by atoms with Gasteiger partial charge in [0.15, 0.2) is 0 Å². The molecule has 0 radical (unpaired) electrons. The number of hydrogen-bond acceptors (Lipinski definition) is 4. The van der Waals surface area contributed by atoms with Crippen molar-refractivity contribution in [1.29, 1.82) is 0 Å².